The molecule has 2 aliphatic heterocycles. The molecule has 4 rings (SSSR count). The Morgan fingerprint density at radius 3 is 2.43 bits per heavy atom. The third kappa shape index (κ3) is 4.20. The van der Waals surface area contributed by atoms with Crippen molar-refractivity contribution in [3.05, 3.63) is 59.4 Å². The quantitative estimate of drug-likeness (QED) is 0.525. The van der Waals surface area contributed by atoms with E-state index < -0.39 is 11.4 Å². The van der Waals surface area contributed by atoms with Crippen molar-refractivity contribution in [2.24, 2.45) is 0 Å². The Morgan fingerprint density at radius 2 is 1.80 bits per heavy atom. The molecule has 5 nitrogen and oxygen atoms in total. The van der Waals surface area contributed by atoms with Crippen LogP contribution in [0.1, 0.15) is 48.0 Å². The lowest BCUT2D eigenvalue weighted by Gasteiger charge is -2.44. The summed E-state index contributed by atoms with van der Waals surface area (Å²) in [6.07, 6.45) is 4.66. The summed E-state index contributed by atoms with van der Waals surface area (Å²) >= 11 is 0. The van der Waals surface area contributed by atoms with Crippen molar-refractivity contribution in [1.82, 2.24) is 4.90 Å². The largest absolute Gasteiger partial charge is 0.497 e. The summed E-state index contributed by atoms with van der Waals surface area (Å²) in [5.74, 6) is 1.20. The number of aliphatic hydroxyl groups is 1. The molecular weight excluding hydrogens is 385 g/mol. The SMILES string of the molecule is COc1ccc(OCCCN2C3CCC2CC(O)(c2cc(F)ccc2C=O)C3)cc1. The highest BCUT2D eigenvalue weighted by Crippen LogP contribution is 2.46. The molecule has 2 aliphatic rings. The number of piperidine rings is 1. The smallest absolute Gasteiger partial charge is 0.150 e. The van der Waals surface area contributed by atoms with E-state index >= 15 is 0 Å². The van der Waals surface area contributed by atoms with Gasteiger partial charge in [-0.05, 0) is 80.1 Å². The summed E-state index contributed by atoms with van der Waals surface area (Å²) in [7, 11) is 1.64. The average molecular weight is 413 g/mol. The molecule has 0 aromatic heterocycles. The molecule has 2 bridgehead atoms. The number of hydrogen-bond donors (Lipinski definition) is 1. The lowest BCUT2D eigenvalue weighted by Crippen LogP contribution is -2.50. The maximum atomic E-state index is 13.8. The zero-order valence-electron chi connectivity index (χ0n) is 17.2. The zero-order valence-corrected chi connectivity index (χ0v) is 17.2. The number of benzene rings is 2. The predicted molar refractivity (Wildman–Crippen MR) is 112 cm³/mol. The highest BCUT2D eigenvalue weighted by atomic mass is 19.1. The summed E-state index contributed by atoms with van der Waals surface area (Å²) in [5, 5.41) is 11.4. The van der Waals surface area contributed by atoms with Gasteiger partial charge in [-0.25, -0.2) is 4.39 Å². The first-order chi connectivity index (χ1) is 14.5. The van der Waals surface area contributed by atoms with E-state index in [0.717, 1.165) is 37.3 Å². The first-order valence-corrected chi connectivity index (χ1v) is 10.5. The molecule has 160 valence electrons. The summed E-state index contributed by atoms with van der Waals surface area (Å²) in [4.78, 5) is 13.9. The molecule has 0 amide bonds. The Morgan fingerprint density at radius 1 is 1.13 bits per heavy atom. The lowest BCUT2D eigenvalue weighted by molar-refractivity contribution is -0.0580. The summed E-state index contributed by atoms with van der Waals surface area (Å²) < 4.78 is 24.8. The molecule has 2 saturated heterocycles. The Hall–Kier alpha value is -2.44. The van der Waals surface area contributed by atoms with Crippen LogP contribution in [0.5, 0.6) is 11.5 Å². The normalized spacial score (nSPS) is 25.8. The van der Waals surface area contributed by atoms with Crippen molar-refractivity contribution in [2.45, 2.75) is 49.8 Å². The standard InChI is InChI=1S/C24H28FNO4/c1-29-21-7-9-22(10-8-21)30-12-2-11-26-19-5-6-20(26)15-24(28,14-19)23-13-18(25)4-3-17(23)16-27/h3-4,7-10,13,16,19-20,28H,2,5-6,11-12,14-15H2,1H3. The van der Waals surface area contributed by atoms with Gasteiger partial charge in [0.15, 0.2) is 0 Å². The van der Waals surface area contributed by atoms with E-state index in [2.05, 4.69) is 4.90 Å². The van der Waals surface area contributed by atoms with Crippen LogP contribution in [0.15, 0.2) is 42.5 Å². The van der Waals surface area contributed by atoms with Crippen LogP contribution >= 0.6 is 0 Å². The van der Waals surface area contributed by atoms with Gasteiger partial charge < -0.3 is 14.6 Å². The van der Waals surface area contributed by atoms with Gasteiger partial charge in [-0.2, -0.15) is 0 Å². The Kier molecular flexibility index (Phi) is 6.06. The van der Waals surface area contributed by atoms with E-state index in [4.69, 9.17) is 9.47 Å². The molecule has 30 heavy (non-hydrogen) atoms. The summed E-state index contributed by atoms with van der Waals surface area (Å²) in [5.41, 5.74) is -0.350. The van der Waals surface area contributed by atoms with Crippen molar-refractivity contribution in [2.75, 3.05) is 20.3 Å². The van der Waals surface area contributed by atoms with Gasteiger partial charge in [0.25, 0.3) is 0 Å². The zero-order chi connectivity index (χ0) is 21.1. The molecule has 6 heteroatoms. The number of ether oxygens (including phenoxy) is 2. The minimum atomic E-state index is -1.15. The number of nitrogens with zero attached hydrogens (tertiary/aromatic N) is 1. The van der Waals surface area contributed by atoms with Crippen LogP contribution in [0.25, 0.3) is 0 Å². The van der Waals surface area contributed by atoms with E-state index in [9.17, 15) is 14.3 Å². The number of hydrogen-bond acceptors (Lipinski definition) is 5. The van der Waals surface area contributed by atoms with Crippen LogP contribution in [0.3, 0.4) is 0 Å². The monoisotopic (exact) mass is 413 g/mol. The van der Waals surface area contributed by atoms with Gasteiger partial charge in [-0.1, -0.05) is 0 Å². The van der Waals surface area contributed by atoms with Crippen LogP contribution in [-0.2, 0) is 5.60 Å². The molecule has 0 spiro atoms. The topological polar surface area (TPSA) is 59.0 Å². The van der Waals surface area contributed by atoms with Gasteiger partial charge >= 0.3 is 0 Å². The van der Waals surface area contributed by atoms with Crippen LogP contribution in [-0.4, -0.2) is 48.6 Å². The molecular formula is C24H28FNO4. The molecule has 0 saturated carbocycles. The third-order valence-electron chi connectivity index (χ3n) is 6.45. The third-order valence-corrected chi connectivity index (χ3v) is 6.45. The molecule has 2 atom stereocenters. The Labute approximate surface area is 176 Å². The van der Waals surface area contributed by atoms with Crippen LogP contribution < -0.4 is 9.47 Å². The maximum Gasteiger partial charge on any atom is 0.150 e. The van der Waals surface area contributed by atoms with Crippen LogP contribution in [0, 0.1) is 5.82 Å². The molecule has 0 radical (unpaired) electrons. The molecule has 2 aromatic rings. The molecule has 2 fully saturated rings. The van der Waals surface area contributed by atoms with E-state index in [1.807, 2.05) is 24.3 Å². The van der Waals surface area contributed by atoms with Crippen molar-refractivity contribution in [1.29, 1.82) is 0 Å². The second kappa shape index (κ2) is 8.74. The molecule has 2 heterocycles. The highest BCUT2D eigenvalue weighted by Gasteiger charge is 2.48. The van der Waals surface area contributed by atoms with Gasteiger partial charge in [0.05, 0.1) is 19.3 Å². The number of carbonyl (C=O) groups excluding carboxylic acids is 1. The van der Waals surface area contributed by atoms with E-state index in [0.29, 0.717) is 36.9 Å². The molecule has 2 unspecified atom stereocenters. The van der Waals surface area contributed by atoms with Gasteiger partial charge in [-0.15, -0.1) is 0 Å². The Balaban J connectivity index is 1.35. The van der Waals surface area contributed by atoms with Crippen molar-refractivity contribution >= 4 is 6.29 Å². The number of rotatable bonds is 8. The van der Waals surface area contributed by atoms with Crippen molar-refractivity contribution in [3.8, 4) is 11.5 Å². The maximum absolute atomic E-state index is 13.8. The fourth-order valence-corrected chi connectivity index (χ4v) is 5.04. The van der Waals surface area contributed by atoms with Gasteiger partial charge in [0, 0.05) is 24.2 Å². The number of aldehydes is 1. The first kappa shape index (κ1) is 20.8. The number of methoxy groups -OCH3 is 1. The van der Waals surface area contributed by atoms with Gasteiger partial charge in [0.2, 0.25) is 0 Å². The number of carbonyl (C=O) groups is 1. The first-order valence-electron chi connectivity index (χ1n) is 10.5. The highest BCUT2D eigenvalue weighted by molar-refractivity contribution is 5.77. The number of fused-ring (bicyclic) bond motifs is 2. The van der Waals surface area contributed by atoms with E-state index in [1.54, 1.807) is 7.11 Å². The molecule has 0 aliphatic carbocycles. The second-order valence-corrected chi connectivity index (χ2v) is 8.29. The van der Waals surface area contributed by atoms with E-state index in [1.165, 1.54) is 18.2 Å². The fourth-order valence-electron chi connectivity index (χ4n) is 5.04. The van der Waals surface area contributed by atoms with Gasteiger partial charge in [0.1, 0.15) is 23.6 Å². The minimum Gasteiger partial charge on any atom is -0.497 e. The Bertz CT molecular complexity index is 871. The molecule has 2 aromatic carbocycles. The lowest BCUT2D eigenvalue weighted by atomic mass is 9.78. The van der Waals surface area contributed by atoms with Crippen LogP contribution in [0.2, 0.25) is 0 Å². The summed E-state index contributed by atoms with van der Waals surface area (Å²) in [6.45, 7) is 1.51. The summed E-state index contributed by atoms with van der Waals surface area (Å²) in [6, 6.07) is 12.1. The minimum absolute atomic E-state index is 0.234. The molecule has 1 N–H and O–H groups in total. The van der Waals surface area contributed by atoms with Crippen molar-refractivity contribution < 1.29 is 23.8 Å². The average Bonchev–Trinajstić information content (AvgIpc) is 3.01. The predicted octanol–water partition coefficient (Wildman–Crippen LogP) is 3.93. The number of halogens is 1. The van der Waals surface area contributed by atoms with Gasteiger partial charge in [-0.3, -0.25) is 9.69 Å². The van der Waals surface area contributed by atoms with E-state index in [-0.39, 0.29) is 12.1 Å². The van der Waals surface area contributed by atoms with Crippen molar-refractivity contribution in [3.63, 3.8) is 0 Å². The fraction of sp³-hybridized carbons (Fsp3) is 0.458. The van der Waals surface area contributed by atoms with Crippen LogP contribution in [0.4, 0.5) is 4.39 Å². The second-order valence-electron chi connectivity index (χ2n) is 8.29.